The maximum Gasteiger partial charge on any atom is 0.213 e. The molecule has 18 heavy (non-hydrogen) atoms. The number of nitrogens with zero attached hydrogens (tertiary/aromatic N) is 2. The van der Waals surface area contributed by atoms with E-state index in [1.54, 1.807) is 24.6 Å². The lowest BCUT2D eigenvalue weighted by Crippen LogP contribution is -2.06. The third-order valence-corrected chi connectivity index (χ3v) is 3.92. The summed E-state index contributed by atoms with van der Waals surface area (Å²) in [5.41, 5.74) is 2.08. The van der Waals surface area contributed by atoms with Crippen molar-refractivity contribution in [2.45, 2.75) is 26.8 Å². The summed E-state index contributed by atoms with van der Waals surface area (Å²) in [5.74, 6) is 0.623. The molecule has 0 spiro atoms. The lowest BCUT2D eigenvalue weighted by Gasteiger charge is -2.14. The van der Waals surface area contributed by atoms with Crippen LogP contribution < -0.4 is 10.1 Å². The monoisotopic (exact) mass is 263 g/mol. The van der Waals surface area contributed by atoms with Gasteiger partial charge in [-0.25, -0.2) is 9.97 Å². The van der Waals surface area contributed by atoms with Crippen LogP contribution in [0.5, 0.6) is 5.88 Å². The zero-order chi connectivity index (χ0) is 13.1. The molecule has 0 saturated carbocycles. The van der Waals surface area contributed by atoms with Gasteiger partial charge in [0.05, 0.1) is 35.7 Å². The minimum Gasteiger partial charge on any atom is -0.481 e. The summed E-state index contributed by atoms with van der Waals surface area (Å²) in [5, 5.41) is 4.52. The second-order valence-corrected chi connectivity index (χ2v) is 5.37. The van der Waals surface area contributed by atoms with Gasteiger partial charge in [0.25, 0.3) is 0 Å². The third kappa shape index (κ3) is 2.79. The van der Waals surface area contributed by atoms with Gasteiger partial charge in [-0.3, -0.25) is 0 Å². The van der Waals surface area contributed by atoms with Gasteiger partial charge in [0.15, 0.2) is 0 Å². The first-order valence-electron chi connectivity index (χ1n) is 5.80. The highest BCUT2D eigenvalue weighted by atomic mass is 32.1. The number of ether oxygens (including phenoxy) is 1. The topological polar surface area (TPSA) is 47.0 Å². The van der Waals surface area contributed by atoms with Crippen LogP contribution in [-0.4, -0.2) is 17.1 Å². The van der Waals surface area contributed by atoms with Crippen molar-refractivity contribution in [2.24, 2.45) is 0 Å². The molecule has 0 saturated heterocycles. The minimum atomic E-state index is 0.228. The van der Waals surface area contributed by atoms with Crippen molar-refractivity contribution in [1.82, 2.24) is 9.97 Å². The van der Waals surface area contributed by atoms with E-state index in [4.69, 9.17) is 4.74 Å². The molecule has 1 atom stereocenters. The van der Waals surface area contributed by atoms with E-state index in [1.165, 1.54) is 4.88 Å². The minimum absolute atomic E-state index is 0.228. The molecule has 1 unspecified atom stereocenters. The van der Waals surface area contributed by atoms with E-state index in [0.29, 0.717) is 5.88 Å². The SMILES string of the molecule is COc1ccc(NC(C)c2sc(C)nc2C)cn1. The molecule has 0 aromatic carbocycles. The molecule has 2 heterocycles. The van der Waals surface area contributed by atoms with Gasteiger partial charge < -0.3 is 10.1 Å². The van der Waals surface area contributed by atoms with Crippen molar-refractivity contribution in [3.05, 3.63) is 33.9 Å². The molecule has 5 heteroatoms. The van der Waals surface area contributed by atoms with Crippen molar-refractivity contribution in [3.8, 4) is 5.88 Å². The van der Waals surface area contributed by atoms with Gasteiger partial charge in [-0.2, -0.15) is 0 Å². The van der Waals surface area contributed by atoms with Gasteiger partial charge >= 0.3 is 0 Å². The third-order valence-electron chi connectivity index (χ3n) is 2.66. The van der Waals surface area contributed by atoms with E-state index in [0.717, 1.165) is 16.4 Å². The van der Waals surface area contributed by atoms with Crippen LogP contribution in [0.15, 0.2) is 18.3 Å². The Morgan fingerprint density at radius 3 is 2.61 bits per heavy atom. The van der Waals surface area contributed by atoms with Gasteiger partial charge in [-0.05, 0) is 26.8 Å². The maximum absolute atomic E-state index is 5.03. The van der Waals surface area contributed by atoms with E-state index < -0.39 is 0 Å². The summed E-state index contributed by atoms with van der Waals surface area (Å²) in [6.45, 7) is 6.20. The van der Waals surface area contributed by atoms with E-state index in [1.807, 2.05) is 26.0 Å². The number of methoxy groups -OCH3 is 1. The van der Waals surface area contributed by atoms with Crippen molar-refractivity contribution in [3.63, 3.8) is 0 Å². The van der Waals surface area contributed by atoms with E-state index in [2.05, 4.69) is 22.2 Å². The fourth-order valence-corrected chi connectivity index (χ4v) is 2.78. The second-order valence-electron chi connectivity index (χ2n) is 4.14. The predicted octanol–water partition coefficient (Wildman–Crippen LogP) is 3.34. The van der Waals surface area contributed by atoms with E-state index in [-0.39, 0.29) is 6.04 Å². The Hall–Kier alpha value is -1.62. The summed E-state index contributed by atoms with van der Waals surface area (Å²) in [6, 6.07) is 4.04. The quantitative estimate of drug-likeness (QED) is 0.919. The Balaban J connectivity index is 2.10. The Kier molecular flexibility index (Phi) is 3.81. The molecule has 96 valence electrons. The van der Waals surface area contributed by atoms with Gasteiger partial charge in [-0.15, -0.1) is 11.3 Å². The molecule has 0 amide bonds. The lowest BCUT2D eigenvalue weighted by atomic mass is 10.2. The number of anilines is 1. The molecule has 2 aromatic rings. The van der Waals surface area contributed by atoms with Crippen LogP contribution in [0, 0.1) is 13.8 Å². The van der Waals surface area contributed by atoms with Crippen LogP contribution in [0.2, 0.25) is 0 Å². The van der Waals surface area contributed by atoms with Crippen LogP contribution in [0.4, 0.5) is 5.69 Å². The average molecular weight is 263 g/mol. The molecule has 4 nitrogen and oxygen atoms in total. The van der Waals surface area contributed by atoms with Crippen LogP contribution in [0.3, 0.4) is 0 Å². The highest BCUT2D eigenvalue weighted by Gasteiger charge is 2.12. The molecular formula is C13H17N3OS. The Labute approximate surface area is 111 Å². The summed E-state index contributed by atoms with van der Waals surface area (Å²) in [4.78, 5) is 9.89. The van der Waals surface area contributed by atoms with Crippen molar-refractivity contribution in [1.29, 1.82) is 0 Å². The molecule has 2 rings (SSSR count). The zero-order valence-electron chi connectivity index (χ0n) is 11.0. The molecule has 2 aromatic heterocycles. The maximum atomic E-state index is 5.03. The van der Waals surface area contributed by atoms with Crippen LogP contribution in [0.25, 0.3) is 0 Å². The smallest absolute Gasteiger partial charge is 0.213 e. The number of rotatable bonds is 4. The highest BCUT2D eigenvalue weighted by molar-refractivity contribution is 7.11. The van der Waals surface area contributed by atoms with Gasteiger partial charge in [0.2, 0.25) is 5.88 Å². The zero-order valence-corrected chi connectivity index (χ0v) is 11.8. The van der Waals surface area contributed by atoms with Crippen molar-refractivity contribution >= 4 is 17.0 Å². The van der Waals surface area contributed by atoms with Crippen LogP contribution in [-0.2, 0) is 0 Å². The average Bonchev–Trinajstić information content (AvgIpc) is 2.69. The Morgan fingerprint density at radius 2 is 2.11 bits per heavy atom. The van der Waals surface area contributed by atoms with Gasteiger partial charge in [0.1, 0.15) is 0 Å². The molecule has 1 N–H and O–H groups in total. The van der Waals surface area contributed by atoms with Crippen LogP contribution >= 0.6 is 11.3 Å². The molecule has 0 aliphatic heterocycles. The Bertz CT molecular complexity index is 522. The normalized spacial score (nSPS) is 12.2. The molecule has 0 radical (unpaired) electrons. The fourth-order valence-electron chi connectivity index (χ4n) is 1.85. The molecular weight excluding hydrogens is 246 g/mol. The standard InChI is InChI=1S/C13H17N3OS/c1-8-13(18-10(3)15-8)9(2)16-11-5-6-12(17-4)14-7-11/h5-7,9,16H,1-4H3. The first kappa shape index (κ1) is 12.8. The number of aryl methyl sites for hydroxylation is 2. The first-order chi connectivity index (χ1) is 8.60. The lowest BCUT2D eigenvalue weighted by molar-refractivity contribution is 0.398. The summed E-state index contributed by atoms with van der Waals surface area (Å²) in [6.07, 6.45) is 1.78. The Morgan fingerprint density at radius 1 is 1.33 bits per heavy atom. The number of nitrogens with one attached hydrogen (secondary N) is 1. The molecule has 0 aliphatic carbocycles. The van der Waals surface area contributed by atoms with E-state index >= 15 is 0 Å². The molecule has 0 bridgehead atoms. The molecule has 0 fully saturated rings. The highest BCUT2D eigenvalue weighted by Crippen LogP contribution is 2.27. The first-order valence-corrected chi connectivity index (χ1v) is 6.62. The second kappa shape index (κ2) is 5.35. The summed E-state index contributed by atoms with van der Waals surface area (Å²) in [7, 11) is 1.61. The van der Waals surface area contributed by atoms with Crippen molar-refractivity contribution in [2.75, 3.05) is 12.4 Å². The molecule has 0 aliphatic rings. The number of hydrogen-bond donors (Lipinski definition) is 1. The number of thiazole rings is 1. The summed E-state index contributed by atoms with van der Waals surface area (Å²) < 4.78 is 5.03. The van der Waals surface area contributed by atoms with Crippen molar-refractivity contribution < 1.29 is 4.74 Å². The number of hydrogen-bond acceptors (Lipinski definition) is 5. The summed E-state index contributed by atoms with van der Waals surface area (Å²) >= 11 is 1.73. The van der Waals surface area contributed by atoms with E-state index in [9.17, 15) is 0 Å². The predicted molar refractivity (Wildman–Crippen MR) is 74.4 cm³/mol. The largest absolute Gasteiger partial charge is 0.481 e. The number of pyridine rings is 1. The fraction of sp³-hybridized carbons (Fsp3) is 0.385. The number of aromatic nitrogens is 2. The van der Waals surface area contributed by atoms with Gasteiger partial charge in [0, 0.05) is 10.9 Å². The van der Waals surface area contributed by atoms with Gasteiger partial charge in [-0.1, -0.05) is 0 Å². The van der Waals surface area contributed by atoms with Crippen LogP contribution in [0.1, 0.15) is 28.5 Å².